The number of aryl methyl sites for hydroxylation is 2. The lowest BCUT2D eigenvalue weighted by atomic mass is 10.1. The molecular weight excluding hydrogens is 240 g/mol. The van der Waals surface area contributed by atoms with Crippen molar-refractivity contribution in [2.24, 2.45) is 0 Å². The van der Waals surface area contributed by atoms with Crippen LogP contribution in [0.4, 0.5) is 0 Å². The molecule has 2 heterocycles. The lowest BCUT2D eigenvalue weighted by Gasteiger charge is -2.10. The van der Waals surface area contributed by atoms with Gasteiger partial charge in [0, 0.05) is 24.4 Å². The van der Waals surface area contributed by atoms with Crippen LogP contribution in [0.2, 0.25) is 0 Å². The maximum atomic E-state index is 9.50. The third-order valence-electron chi connectivity index (χ3n) is 4.00. The van der Waals surface area contributed by atoms with E-state index in [1.165, 1.54) is 18.5 Å². The average molecular weight is 266 g/mol. The summed E-state index contributed by atoms with van der Waals surface area (Å²) in [6.45, 7) is 6.21. The van der Waals surface area contributed by atoms with Gasteiger partial charge in [0.25, 0.3) is 0 Å². The Balaban J connectivity index is 1.96. The highest BCUT2D eigenvalue weighted by molar-refractivity contribution is 5.25. The lowest BCUT2D eigenvalue weighted by Crippen LogP contribution is -2.10. The van der Waals surface area contributed by atoms with Crippen molar-refractivity contribution < 1.29 is 9.84 Å². The normalized spacial score (nSPS) is 19.2. The summed E-state index contributed by atoms with van der Waals surface area (Å²) in [5.74, 6) is 0. The Labute approximate surface area is 115 Å². The first-order valence-corrected chi connectivity index (χ1v) is 7.60. The van der Waals surface area contributed by atoms with Crippen LogP contribution in [0.15, 0.2) is 0 Å². The highest BCUT2D eigenvalue weighted by Crippen LogP contribution is 2.20. The lowest BCUT2D eigenvalue weighted by molar-refractivity contribution is 0.101. The summed E-state index contributed by atoms with van der Waals surface area (Å²) in [6.07, 6.45) is 6.93. The summed E-state index contributed by atoms with van der Waals surface area (Å²) in [5.41, 5.74) is 3.30. The monoisotopic (exact) mass is 266 g/mol. The number of hydrogen-bond donors (Lipinski definition) is 1. The molecule has 0 spiro atoms. The molecule has 1 saturated heterocycles. The summed E-state index contributed by atoms with van der Waals surface area (Å²) in [7, 11) is 0. The van der Waals surface area contributed by atoms with E-state index in [1.807, 2.05) is 0 Å². The predicted molar refractivity (Wildman–Crippen MR) is 75.1 cm³/mol. The zero-order chi connectivity index (χ0) is 13.7. The molecule has 108 valence electrons. The van der Waals surface area contributed by atoms with Crippen LogP contribution in [0.1, 0.15) is 56.5 Å². The molecule has 1 unspecified atom stereocenters. The molecule has 1 atom stereocenters. The van der Waals surface area contributed by atoms with Crippen LogP contribution in [-0.2, 0) is 30.7 Å². The van der Waals surface area contributed by atoms with E-state index in [-0.39, 0.29) is 6.61 Å². The summed E-state index contributed by atoms with van der Waals surface area (Å²) in [5, 5.41) is 14.1. The number of hydrogen-bond acceptors (Lipinski definition) is 3. The van der Waals surface area contributed by atoms with Gasteiger partial charge in [0.2, 0.25) is 0 Å². The molecule has 2 rings (SSSR count). The minimum Gasteiger partial charge on any atom is -0.392 e. The van der Waals surface area contributed by atoms with Crippen molar-refractivity contribution in [1.29, 1.82) is 0 Å². The zero-order valence-corrected chi connectivity index (χ0v) is 12.2. The molecule has 4 heteroatoms. The van der Waals surface area contributed by atoms with Gasteiger partial charge in [0.1, 0.15) is 0 Å². The van der Waals surface area contributed by atoms with Crippen molar-refractivity contribution in [2.75, 3.05) is 6.61 Å². The van der Waals surface area contributed by atoms with Gasteiger partial charge in [-0.3, -0.25) is 4.68 Å². The molecule has 1 aliphatic rings. The van der Waals surface area contributed by atoms with E-state index in [9.17, 15) is 5.11 Å². The first-order valence-electron chi connectivity index (χ1n) is 7.60. The largest absolute Gasteiger partial charge is 0.392 e. The fourth-order valence-corrected chi connectivity index (χ4v) is 2.98. The number of aliphatic hydroxyl groups excluding tert-OH is 1. The molecule has 0 saturated carbocycles. The third kappa shape index (κ3) is 3.37. The standard InChI is InChI=1S/C15H26N2O2/c1-3-14-13(11-18)15(4-2)17(16-14)9-5-7-12-8-6-10-19-12/h12,18H,3-11H2,1-2H3. The molecule has 0 aliphatic carbocycles. The van der Waals surface area contributed by atoms with Gasteiger partial charge >= 0.3 is 0 Å². The van der Waals surface area contributed by atoms with Crippen LogP contribution in [0.5, 0.6) is 0 Å². The molecule has 0 amide bonds. The Morgan fingerprint density at radius 1 is 1.37 bits per heavy atom. The minimum atomic E-state index is 0.109. The minimum absolute atomic E-state index is 0.109. The second-order valence-corrected chi connectivity index (χ2v) is 5.24. The summed E-state index contributed by atoms with van der Waals surface area (Å²) in [6, 6.07) is 0. The molecule has 1 aromatic rings. The van der Waals surface area contributed by atoms with E-state index in [1.54, 1.807) is 0 Å². The van der Waals surface area contributed by atoms with E-state index in [2.05, 4.69) is 23.6 Å². The fraction of sp³-hybridized carbons (Fsp3) is 0.800. The molecular formula is C15H26N2O2. The number of rotatable bonds is 7. The molecule has 19 heavy (non-hydrogen) atoms. The van der Waals surface area contributed by atoms with Gasteiger partial charge in [0.15, 0.2) is 0 Å². The second kappa shape index (κ2) is 7.06. The summed E-state index contributed by atoms with van der Waals surface area (Å²) < 4.78 is 7.75. The maximum absolute atomic E-state index is 9.50. The zero-order valence-electron chi connectivity index (χ0n) is 12.2. The van der Waals surface area contributed by atoms with Crippen molar-refractivity contribution in [1.82, 2.24) is 9.78 Å². The van der Waals surface area contributed by atoms with Gasteiger partial charge in [-0.25, -0.2) is 0 Å². The number of aliphatic hydroxyl groups is 1. The van der Waals surface area contributed by atoms with Gasteiger partial charge in [-0.05, 0) is 38.5 Å². The van der Waals surface area contributed by atoms with Crippen molar-refractivity contribution in [2.45, 2.75) is 71.6 Å². The predicted octanol–water partition coefficient (Wildman–Crippen LogP) is 2.46. The van der Waals surface area contributed by atoms with E-state index in [0.717, 1.165) is 50.1 Å². The maximum Gasteiger partial charge on any atom is 0.0718 e. The Morgan fingerprint density at radius 3 is 2.79 bits per heavy atom. The van der Waals surface area contributed by atoms with Crippen molar-refractivity contribution >= 4 is 0 Å². The van der Waals surface area contributed by atoms with Gasteiger partial charge in [0.05, 0.1) is 18.4 Å². The summed E-state index contributed by atoms with van der Waals surface area (Å²) >= 11 is 0. The number of nitrogens with zero attached hydrogens (tertiary/aromatic N) is 2. The van der Waals surface area contributed by atoms with E-state index >= 15 is 0 Å². The van der Waals surface area contributed by atoms with Gasteiger partial charge in [-0.15, -0.1) is 0 Å². The molecule has 0 aromatic carbocycles. The van der Waals surface area contributed by atoms with Crippen LogP contribution in [-0.4, -0.2) is 27.6 Å². The quantitative estimate of drug-likeness (QED) is 0.824. The Hall–Kier alpha value is -0.870. The van der Waals surface area contributed by atoms with Crippen LogP contribution in [0.3, 0.4) is 0 Å². The molecule has 1 aromatic heterocycles. The fourth-order valence-electron chi connectivity index (χ4n) is 2.98. The van der Waals surface area contributed by atoms with E-state index < -0.39 is 0 Å². The second-order valence-electron chi connectivity index (χ2n) is 5.24. The van der Waals surface area contributed by atoms with Crippen molar-refractivity contribution in [3.8, 4) is 0 Å². The highest BCUT2D eigenvalue weighted by Gasteiger charge is 2.17. The number of aromatic nitrogens is 2. The van der Waals surface area contributed by atoms with Gasteiger partial charge in [-0.2, -0.15) is 5.10 Å². The van der Waals surface area contributed by atoms with Crippen LogP contribution >= 0.6 is 0 Å². The first-order chi connectivity index (χ1) is 9.30. The van der Waals surface area contributed by atoms with E-state index in [4.69, 9.17) is 4.74 Å². The molecule has 4 nitrogen and oxygen atoms in total. The van der Waals surface area contributed by atoms with Crippen LogP contribution < -0.4 is 0 Å². The van der Waals surface area contributed by atoms with Crippen molar-refractivity contribution in [3.05, 3.63) is 17.0 Å². The van der Waals surface area contributed by atoms with E-state index in [0.29, 0.717) is 6.10 Å². The molecule has 1 aliphatic heterocycles. The van der Waals surface area contributed by atoms with Crippen LogP contribution in [0, 0.1) is 0 Å². The Kier molecular flexibility index (Phi) is 5.40. The molecule has 0 bridgehead atoms. The van der Waals surface area contributed by atoms with Crippen LogP contribution in [0.25, 0.3) is 0 Å². The van der Waals surface area contributed by atoms with Gasteiger partial charge in [-0.1, -0.05) is 13.8 Å². The summed E-state index contributed by atoms with van der Waals surface area (Å²) in [4.78, 5) is 0. The van der Waals surface area contributed by atoms with Crippen molar-refractivity contribution in [3.63, 3.8) is 0 Å². The average Bonchev–Trinajstić information content (AvgIpc) is 3.05. The SMILES string of the molecule is CCc1nn(CCCC2CCCO2)c(CC)c1CO. The molecule has 1 fully saturated rings. The smallest absolute Gasteiger partial charge is 0.0718 e. The third-order valence-corrected chi connectivity index (χ3v) is 4.00. The highest BCUT2D eigenvalue weighted by atomic mass is 16.5. The number of ether oxygens (including phenoxy) is 1. The Bertz CT molecular complexity index is 395. The molecule has 1 N–H and O–H groups in total. The first kappa shape index (κ1) is 14.5. The molecule has 0 radical (unpaired) electrons. The Morgan fingerprint density at radius 2 is 2.21 bits per heavy atom. The topological polar surface area (TPSA) is 47.3 Å². The van der Waals surface area contributed by atoms with Gasteiger partial charge < -0.3 is 9.84 Å².